The standard InChI is InChI=1S/C21H28Cl2N6O2S4/c1-4-6-27(14-18-11-24-19(22)35-18)8-10-33-21(26-29(30)31)32-9-5-7-28(12-16(2)3)13-17-15-34-20(23)25-17/h1,11,15-16H,5-10,12-14H2,2-3H3/b26-21+. The van der Waals surface area contributed by atoms with Crippen LogP contribution >= 0.6 is 69.4 Å². The minimum absolute atomic E-state index is 0.457. The number of terminal acetylenes is 1. The Bertz CT molecular complexity index is 995. The molecule has 0 aliphatic rings. The molecule has 14 heteroatoms. The number of rotatable bonds is 15. The maximum Gasteiger partial charge on any atom is 0.203 e. The van der Waals surface area contributed by atoms with E-state index in [2.05, 4.69) is 44.6 Å². The van der Waals surface area contributed by atoms with Crippen LogP contribution in [0.1, 0.15) is 30.8 Å². The summed E-state index contributed by atoms with van der Waals surface area (Å²) in [5, 5.41) is 16.0. The highest BCUT2D eigenvalue weighted by atomic mass is 35.5. The van der Waals surface area contributed by atoms with Crippen molar-refractivity contribution in [3.63, 3.8) is 0 Å². The number of thiazole rings is 2. The van der Waals surface area contributed by atoms with Crippen LogP contribution in [0.3, 0.4) is 0 Å². The summed E-state index contributed by atoms with van der Waals surface area (Å²) in [5.74, 6) is 4.55. The summed E-state index contributed by atoms with van der Waals surface area (Å²) in [6.07, 6.45) is 8.12. The lowest BCUT2D eigenvalue weighted by atomic mass is 10.2. The van der Waals surface area contributed by atoms with Gasteiger partial charge in [-0.25, -0.2) is 20.1 Å². The number of nitrogens with zero attached hydrogens (tertiary/aromatic N) is 6. The minimum atomic E-state index is -0.634. The molecule has 0 unspecified atom stereocenters. The number of aromatic nitrogens is 2. The maximum absolute atomic E-state index is 11.0. The zero-order valence-corrected chi connectivity index (χ0v) is 24.3. The molecule has 0 fully saturated rings. The molecule has 0 spiro atoms. The van der Waals surface area contributed by atoms with Gasteiger partial charge in [-0.15, -0.1) is 29.1 Å². The Balaban J connectivity index is 1.81. The summed E-state index contributed by atoms with van der Waals surface area (Å²) < 4.78 is 1.50. The highest BCUT2D eigenvalue weighted by molar-refractivity contribution is 8.38. The smallest absolute Gasteiger partial charge is 0.203 e. The lowest BCUT2D eigenvalue weighted by molar-refractivity contribution is -0.484. The van der Waals surface area contributed by atoms with Crippen LogP contribution in [0.5, 0.6) is 0 Å². The lowest BCUT2D eigenvalue weighted by Crippen LogP contribution is -2.29. The van der Waals surface area contributed by atoms with E-state index in [9.17, 15) is 10.1 Å². The molecule has 0 amide bonds. The topological polar surface area (TPSA) is 87.8 Å². The first kappa shape index (κ1) is 30.3. The monoisotopic (exact) mass is 594 g/mol. The number of thioether (sulfide) groups is 2. The maximum atomic E-state index is 11.0. The first-order valence-electron chi connectivity index (χ1n) is 10.8. The quantitative estimate of drug-likeness (QED) is 0.0628. The predicted molar refractivity (Wildman–Crippen MR) is 152 cm³/mol. The van der Waals surface area contributed by atoms with E-state index in [4.69, 9.17) is 29.6 Å². The van der Waals surface area contributed by atoms with Crippen molar-refractivity contribution in [3.05, 3.63) is 41.2 Å². The van der Waals surface area contributed by atoms with Gasteiger partial charge in [-0.1, -0.05) is 66.5 Å². The van der Waals surface area contributed by atoms with E-state index >= 15 is 0 Å². The zero-order valence-electron chi connectivity index (χ0n) is 19.6. The fraction of sp³-hybridized carbons (Fsp3) is 0.571. The van der Waals surface area contributed by atoms with Crippen LogP contribution in [-0.2, 0) is 13.1 Å². The van der Waals surface area contributed by atoms with Crippen molar-refractivity contribution in [3.8, 4) is 12.3 Å². The molecular formula is C21H28Cl2N6O2S4. The molecule has 0 saturated heterocycles. The molecule has 0 bridgehead atoms. The van der Waals surface area contributed by atoms with Crippen molar-refractivity contribution in [2.75, 3.05) is 37.7 Å². The summed E-state index contributed by atoms with van der Waals surface area (Å²) in [4.78, 5) is 24.9. The van der Waals surface area contributed by atoms with Gasteiger partial charge >= 0.3 is 0 Å². The second kappa shape index (κ2) is 16.8. The summed E-state index contributed by atoms with van der Waals surface area (Å²) in [5.41, 5.74) is 0.969. The SMILES string of the molecule is C#CCN(CCS/C(=N/[N+](=O)[O-])SCCCN(Cc1csc(Cl)n1)CC(C)C)Cc1cnc(Cl)s1. The van der Waals surface area contributed by atoms with Gasteiger partial charge in [0.05, 0.1) is 17.3 Å². The Morgan fingerprint density at radius 1 is 1.26 bits per heavy atom. The van der Waals surface area contributed by atoms with Crippen molar-refractivity contribution >= 4 is 73.8 Å². The molecule has 0 atom stereocenters. The predicted octanol–water partition coefficient (Wildman–Crippen LogP) is 5.90. The third-order valence-electron chi connectivity index (χ3n) is 4.39. The van der Waals surface area contributed by atoms with Crippen LogP contribution in [0, 0.1) is 28.4 Å². The summed E-state index contributed by atoms with van der Waals surface area (Å²) in [7, 11) is 0. The van der Waals surface area contributed by atoms with E-state index in [1.807, 2.05) is 5.38 Å². The van der Waals surface area contributed by atoms with E-state index in [0.29, 0.717) is 44.6 Å². The van der Waals surface area contributed by atoms with Gasteiger partial charge in [0.25, 0.3) is 0 Å². The first-order valence-corrected chi connectivity index (χ1v) is 15.2. The van der Waals surface area contributed by atoms with Gasteiger partial charge in [0, 0.05) is 54.1 Å². The average Bonchev–Trinajstić information content (AvgIpc) is 3.37. The molecule has 8 nitrogen and oxygen atoms in total. The van der Waals surface area contributed by atoms with Crippen molar-refractivity contribution in [1.82, 2.24) is 19.8 Å². The van der Waals surface area contributed by atoms with E-state index in [0.717, 1.165) is 42.4 Å². The van der Waals surface area contributed by atoms with Gasteiger partial charge in [-0.2, -0.15) is 0 Å². The Hall–Kier alpha value is -0.910. The van der Waals surface area contributed by atoms with Crippen LogP contribution in [0.2, 0.25) is 8.93 Å². The molecule has 0 N–H and O–H groups in total. The highest BCUT2D eigenvalue weighted by Gasteiger charge is 2.14. The number of hydrazone groups is 1. The zero-order chi connectivity index (χ0) is 25.6. The van der Waals surface area contributed by atoms with Gasteiger partial charge in [0.1, 0.15) is 0 Å². The number of halogens is 2. The summed E-state index contributed by atoms with van der Waals surface area (Å²) >= 11 is 17.5. The largest absolute Gasteiger partial charge is 0.297 e. The number of hydrogen-bond acceptors (Lipinski definition) is 10. The Morgan fingerprint density at radius 3 is 2.63 bits per heavy atom. The van der Waals surface area contributed by atoms with E-state index in [1.54, 1.807) is 6.20 Å². The molecule has 2 aromatic heterocycles. The van der Waals surface area contributed by atoms with Gasteiger partial charge in [0.2, 0.25) is 4.38 Å². The first-order chi connectivity index (χ1) is 16.7. The van der Waals surface area contributed by atoms with Crippen molar-refractivity contribution in [1.29, 1.82) is 0 Å². The molecule has 0 aromatic carbocycles. The Morgan fingerprint density at radius 2 is 2.03 bits per heavy atom. The molecule has 0 radical (unpaired) electrons. The van der Waals surface area contributed by atoms with Crippen LogP contribution in [-0.4, -0.2) is 66.9 Å². The minimum Gasteiger partial charge on any atom is -0.297 e. The van der Waals surface area contributed by atoms with Gasteiger partial charge in [-0.05, 0) is 18.9 Å². The molecule has 0 saturated carbocycles. The molecule has 2 aromatic rings. The molecule has 2 heterocycles. The molecular weight excluding hydrogens is 567 g/mol. The fourth-order valence-electron chi connectivity index (χ4n) is 3.13. The molecule has 192 valence electrons. The third kappa shape index (κ3) is 13.3. The van der Waals surface area contributed by atoms with Crippen molar-refractivity contribution in [2.24, 2.45) is 11.0 Å². The van der Waals surface area contributed by atoms with E-state index < -0.39 is 5.03 Å². The van der Waals surface area contributed by atoms with Crippen LogP contribution in [0.25, 0.3) is 0 Å². The van der Waals surface area contributed by atoms with Crippen LogP contribution in [0.15, 0.2) is 16.7 Å². The normalized spacial score (nSPS) is 12.1. The van der Waals surface area contributed by atoms with E-state index in [1.165, 1.54) is 46.2 Å². The molecule has 0 aliphatic heterocycles. The molecule has 35 heavy (non-hydrogen) atoms. The Labute approximate surface area is 233 Å². The van der Waals surface area contributed by atoms with Gasteiger partial charge in [-0.3, -0.25) is 9.80 Å². The van der Waals surface area contributed by atoms with Crippen molar-refractivity contribution < 1.29 is 5.03 Å². The van der Waals surface area contributed by atoms with E-state index in [-0.39, 0.29) is 0 Å². The lowest BCUT2D eigenvalue weighted by Gasteiger charge is -2.23. The second-order valence-electron chi connectivity index (χ2n) is 7.87. The summed E-state index contributed by atoms with van der Waals surface area (Å²) in [6, 6.07) is 0. The average molecular weight is 596 g/mol. The third-order valence-corrected chi connectivity index (χ3v) is 8.76. The Kier molecular flexibility index (Phi) is 14.5. The number of hydrogen-bond donors (Lipinski definition) is 0. The van der Waals surface area contributed by atoms with Crippen molar-refractivity contribution in [2.45, 2.75) is 33.4 Å². The fourth-order valence-corrected chi connectivity index (χ4v) is 6.98. The van der Waals surface area contributed by atoms with Crippen LogP contribution < -0.4 is 0 Å². The number of nitro groups is 1. The van der Waals surface area contributed by atoms with Gasteiger partial charge < -0.3 is 0 Å². The second-order valence-corrected chi connectivity index (χ2v) is 13.4. The summed E-state index contributed by atoms with van der Waals surface area (Å²) in [6.45, 7) is 8.69. The highest BCUT2D eigenvalue weighted by Crippen LogP contribution is 2.22. The van der Waals surface area contributed by atoms with Gasteiger partial charge in [0.15, 0.2) is 14.0 Å². The molecule has 2 rings (SSSR count). The molecule has 0 aliphatic carbocycles. The van der Waals surface area contributed by atoms with Crippen LogP contribution in [0.4, 0.5) is 0 Å².